The van der Waals surface area contributed by atoms with E-state index in [2.05, 4.69) is 26.5 Å². The van der Waals surface area contributed by atoms with Crippen LogP contribution in [0, 0.1) is 0 Å². The molecule has 2 heterocycles. The summed E-state index contributed by atoms with van der Waals surface area (Å²) in [5, 5.41) is 7.48. The maximum Gasteiger partial charge on any atom is 0.234 e. The second kappa shape index (κ2) is 11.0. The Morgan fingerprint density at radius 1 is 1.11 bits per heavy atom. The Hall–Kier alpha value is -0.560. The summed E-state index contributed by atoms with van der Waals surface area (Å²) >= 11 is 6.40. The van der Waals surface area contributed by atoms with Crippen molar-refractivity contribution < 1.29 is 4.79 Å². The molecule has 158 valence electrons. The van der Waals surface area contributed by atoms with Crippen LogP contribution in [-0.4, -0.2) is 67.1 Å². The molecule has 1 aromatic carbocycles. The Bertz CT molecular complexity index is 636. The van der Waals surface area contributed by atoms with Gasteiger partial charge in [0, 0.05) is 55.9 Å². The van der Waals surface area contributed by atoms with Crippen LogP contribution in [0.4, 0.5) is 0 Å². The van der Waals surface area contributed by atoms with Gasteiger partial charge in [0.25, 0.3) is 0 Å². The highest BCUT2D eigenvalue weighted by Gasteiger charge is 2.32. The fraction of sp³-hybridized carbons (Fsp3) is 0.650. The molecule has 2 N–H and O–H groups in total. The van der Waals surface area contributed by atoms with E-state index in [1.54, 1.807) is 0 Å². The fourth-order valence-electron chi connectivity index (χ4n) is 4.29. The predicted octanol–water partition coefficient (Wildman–Crippen LogP) is 2.87. The zero-order valence-electron chi connectivity index (χ0n) is 16.1. The van der Waals surface area contributed by atoms with Crippen molar-refractivity contribution in [2.45, 2.75) is 43.8 Å². The molecule has 2 saturated heterocycles. The molecule has 4 rings (SSSR count). The van der Waals surface area contributed by atoms with E-state index in [-0.39, 0.29) is 36.8 Å². The summed E-state index contributed by atoms with van der Waals surface area (Å²) in [5.74, 6) is 0.147. The van der Waals surface area contributed by atoms with Gasteiger partial charge in [-0.05, 0) is 37.3 Å². The predicted molar refractivity (Wildman–Crippen MR) is 119 cm³/mol. The molecule has 8 heteroatoms. The van der Waals surface area contributed by atoms with Crippen LogP contribution >= 0.6 is 36.4 Å². The molecule has 1 atom stereocenters. The highest BCUT2D eigenvalue weighted by Crippen LogP contribution is 2.30. The lowest BCUT2D eigenvalue weighted by atomic mass is 10.0. The van der Waals surface area contributed by atoms with Gasteiger partial charge in [0.2, 0.25) is 5.91 Å². The normalized spacial score (nSPS) is 24.1. The highest BCUT2D eigenvalue weighted by molar-refractivity contribution is 6.31. The number of piperazine rings is 1. The molecule has 3 fully saturated rings. The molecule has 0 bridgehead atoms. The number of hydrogen-bond donors (Lipinski definition) is 2. The van der Waals surface area contributed by atoms with Crippen LogP contribution in [0.15, 0.2) is 24.3 Å². The van der Waals surface area contributed by atoms with Gasteiger partial charge in [0.15, 0.2) is 0 Å². The number of carbonyl (C=O) groups excluding carboxylic acids is 1. The third-order valence-electron chi connectivity index (χ3n) is 5.92. The fourth-order valence-corrected chi connectivity index (χ4v) is 4.56. The van der Waals surface area contributed by atoms with E-state index in [4.69, 9.17) is 11.6 Å². The number of benzene rings is 1. The van der Waals surface area contributed by atoms with Crippen LogP contribution in [0.5, 0.6) is 0 Å². The summed E-state index contributed by atoms with van der Waals surface area (Å²) in [6.07, 6.45) is 4.89. The molecule has 1 aromatic rings. The zero-order valence-corrected chi connectivity index (χ0v) is 18.5. The first-order valence-electron chi connectivity index (χ1n) is 9.93. The zero-order chi connectivity index (χ0) is 17.9. The Morgan fingerprint density at radius 2 is 1.82 bits per heavy atom. The number of hydrogen-bond acceptors (Lipinski definition) is 4. The van der Waals surface area contributed by atoms with E-state index < -0.39 is 0 Å². The number of piperidine rings is 1. The number of nitrogens with zero attached hydrogens (tertiary/aromatic N) is 2. The second-order valence-electron chi connectivity index (χ2n) is 7.82. The molecule has 28 heavy (non-hydrogen) atoms. The molecular weight excluding hydrogens is 419 g/mol. The largest absolute Gasteiger partial charge is 0.352 e. The minimum Gasteiger partial charge on any atom is -0.352 e. The van der Waals surface area contributed by atoms with E-state index in [0.29, 0.717) is 12.6 Å². The molecule has 0 aromatic heterocycles. The number of amides is 1. The summed E-state index contributed by atoms with van der Waals surface area (Å²) in [4.78, 5) is 17.5. The summed E-state index contributed by atoms with van der Waals surface area (Å²) in [6.45, 7) is 5.31. The molecule has 1 saturated carbocycles. The van der Waals surface area contributed by atoms with Crippen LogP contribution in [0.1, 0.15) is 37.3 Å². The summed E-state index contributed by atoms with van der Waals surface area (Å²) in [7, 11) is 0. The standard InChI is InChI=1S/C20H29ClN4O.2ClH/c21-18-4-2-1-3-17(18)19-13-22-9-12-25(19)14-20(26)23-15-7-10-24(11-8-15)16-5-6-16;;/h1-4,15-16,19,22H,5-14H2,(H,23,26);2*1H. The topological polar surface area (TPSA) is 47.6 Å². The highest BCUT2D eigenvalue weighted by atomic mass is 35.5. The summed E-state index contributed by atoms with van der Waals surface area (Å²) in [5.41, 5.74) is 1.10. The minimum atomic E-state index is 0. The number of likely N-dealkylation sites (tertiary alicyclic amines) is 1. The maximum absolute atomic E-state index is 12.6. The van der Waals surface area contributed by atoms with Crippen LogP contribution in [-0.2, 0) is 4.79 Å². The average Bonchev–Trinajstić information content (AvgIpc) is 3.49. The van der Waals surface area contributed by atoms with Crippen molar-refractivity contribution in [3.8, 4) is 0 Å². The van der Waals surface area contributed by atoms with Gasteiger partial charge in [-0.15, -0.1) is 24.8 Å². The van der Waals surface area contributed by atoms with Gasteiger partial charge in [0.1, 0.15) is 0 Å². The number of rotatable bonds is 5. The van der Waals surface area contributed by atoms with Gasteiger partial charge >= 0.3 is 0 Å². The van der Waals surface area contributed by atoms with Gasteiger partial charge in [-0.25, -0.2) is 0 Å². The van der Waals surface area contributed by atoms with E-state index in [0.717, 1.165) is 62.2 Å². The van der Waals surface area contributed by atoms with Crippen molar-refractivity contribution in [2.24, 2.45) is 0 Å². The SMILES string of the molecule is Cl.Cl.O=C(CN1CCNCC1c1ccccc1Cl)NC1CCN(C2CC2)CC1. The van der Waals surface area contributed by atoms with Crippen LogP contribution in [0.25, 0.3) is 0 Å². The first-order chi connectivity index (χ1) is 12.7. The molecule has 1 unspecified atom stereocenters. The van der Waals surface area contributed by atoms with Crippen LogP contribution in [0.3, 0.4) is 0 Å². The van der Waals surface area contributed by atoms with Crippen molar-refractivity contribution in [1.29, 1.82) is 0 Å². The first kappa shape index (κ1) is 23.7. The van der Waals surface area contributed by atoms with E-state index in [1.807, 2.05) is 18.2 Å². The van der Waals surface area contributed by atoms with Gasteiger partial charge in [-0.1, -0.05) is 29.8 Å². The molecular formula is C20H31Cl3N4O. The third-order valence-corrected chi connectivity index (χ3v) is 6.27. The number of carbonyl (C=O) groups is 1. The van der Waals surface area contributed by atoms with E-state index in [1.165, 1.54) is 12.8 Å². The lowest BCUT2D eigenvalue weighted by Gasteiger charge is -2.37. The van der Waals surface area contributed by atoms with Crippen molar-refractivity contribution >= 4 is 42.3 Å². The monoisotopic (exact) mass is 448 g/mol. The quantitative estimate of drug-likeness (QED) is 0.726. The van der Waals surface area contributed by atoms with Crippen LogP contribution in [0.2, 0.25) is 5.02 Å². The molecule has 5 nitrogen and oxygen atoms in total. The summed E-state index contributed by atoms with van der Waals surface area (Å²) < 4.78 is 0. The Morgan fingerprint density at radius 3 is 2.50 bits per heavy atom. The minimum absolute atomic E-state index is 0. The lowest BCUT2D eigenvalue weighted by Crippen LogP contribution is -2.52. The van der Waals surface area contributed by atoms with Crippen LogP contribution < -0.4 is 10.6 Å². The number of halogens is 3. The average molecular weight is 450 g/mol. The molecule has 3 aliphatic rings. The van der Waals surface area contributed by atoms with Gasteiger partial charge in [-0.3, -0.25) is 9.69 Å². The lowest BCUT2D eigenvalue weighted by molar-refractivity contribution is -0.124. The second-order valence-corrected chi connectivity index (χ2v) is 8.23. The molecule has 1 amide bonds. The third kappa shape index (κ3) is 5.97. The molecule has 2 aliphatic heterocycles. The Labute approximate surface area is 185 Å². The molecule has 0 radical (unpaired) electrons. The van der Waals surface area contributed by atoms with Gasteiger partial charge in [0.05, 0.1) is 6.54 Å². The van der Waals surface area contributed by atoms with Crippen molar-refractivity contribution in [3.63, 3.8) is 0 Å². The Kier molecular flexibility index (Phi) is 9.32. The van der Waals surface area contributed by atoms with Gasteiger partial charge in [-0.2, -0.15) is 0 Å². The summed E-state index contributed by atoms with van der Waals surface area (Å²) in [6, 6.07) is 9.29. The van der Waals surface area contributed by atoms with Crippen molar-refractivity contribution in [2.75, 3.05) is 39.3 Å². The van der Waals surface area contributed by atoms with Gasteiger partial charge < -0.3 is 15.5 Å². The van der Waals surface area contributed by atoms with E-state index >= 15 is 0 Å². The maximum atomic E-state index is 12.6. The molecule has 1 aliphatic carbocycles. The first-order valence-corrected chi connectivity index (χ1v) is 10.3. The smallest absolute Gasteiger partial charge is 0.234 e. The molecule has 0 spiro atoms. The Balaban J connectivity index is 0.00000140. The van der Waals surface area contributed by atoms with Crippen molar-refractivity contribution in [3.05, 3.63) is 34.9 Å². The van der Waals surface area contributed by atoms with Crippen molar-refractivity contribution in [1.82, 2.24) is 20.4 Å². The van der Waals surface area contributed by atoms with E-state index in [9.17, 15) is 4.79 Å². The number of nitrogens with one attached hydrogen (secondary N) is 2.